The van der Waals surface area contributed by atoms with Gasteiger partial charge in [-0.2, -0.15) is 4.98 Å². The first kappa shape index (κ1) is 19.9. The molecule has 158 valence electrons. The van der Waals surface area contributed by atoms with Crippen LogP contribution in [0.3, 0.4) is 0 Å². The summed E-state index contributed by atoms with van der Waals surface area (Å²) in [6.07, 6.45) is 0. The van der Waals surface area contributed by atoms with Crippen LogP contribution in [0, 0.1) is 6.92 Å². The first-order chi connectivity index (χ1) is 15.1. The standard InChI is InChI=1S/C24H24N4O2S/c1-16-7-9-18(10-8-16)22-25-23(30-26-22)17(2)27-11-13-28(14-12-27)24(29)21-15-19-5-3-4-6-20(19)31-21/h3-10,15,17H,11-14H2,1-2H3. The normalized spacial score (nSPS) is 16.0. The van der Waals surface area contributed by atoms with Crippen molar-refractivity contribution in [1.29, 1.82) is 0 Å². The Hall–Kier alpha value is -3.03. The molecule has 1 fully saturated rings. The van der Waals surface area contributed by atoms with Gasteiger partial charge in [-0.25, -0.2) is 0 Å². The van der Waals surface area contributed by atoms with E-state index >= 15 is 0 Å². The maximum Gasteiger partial charge on any atom is 0.264 e. The lowest BCUT2D eigenvalue weighted by atomic mass is 10.1. The minimum atomic E-state index is 0.00766. The van der Waals surface area contributed by atoms with Crippen LogP contribution < -0.4 is 0 Å². The summed E-state index contributed by atoms with van der Waals surface area (Å²) in [6.45, 7) is 7.07. The summed E-state index contributed by atoms with van der Waals surface area (Å²) >= 11 is 1.57. The number of thiophene rings is 1. The van der Waals surface area contributed by atoms with Crippen molar-refractivity contribution < 1.29 is 9.32 Å². The zero-order valence-electron chi connectivity index (χ0n) is 17.6. The molecule has 0 N–H and O–H groups in total. The predicted octanol–water partition coefficient (Wildman–Crippen LogP) is 4.78. The minimum Gasteiger partial charge on any atom is -0.337 e. The number of rotatable bonds is 4. The molecule has 0 radical (unpaired) electrons. The topological polar surface area (TPSA) is 62.5 Å². The van der Waals surface area contributed by atoms with Gasteiger partial charge >= 0.3 is 0 Å². The van der Waals surface area contributed by atoms with E-state index < -0.39 is 0 Å². The van der Waals surface area contributed by atoms with Gasteiger partial charge in [0, 0.05) is 36.4 Å². The SMILES string of the molecule is Cc1ccc(-c2noc(C(C)N3CCN(C(=O)c4cc5ccccc5s4)CC3)n2)cc1. The molecular formula is C24H24N4O2S. The second-order valence-corrected chi connectivity index (χ2v) is 9.06. The number of amides is 1. The molecule has 1 saturated heterocycles. The number of piperazine rings is 1. The Bertz CT molecular complexity index is 1170. The van der Waals surface area contributed by atoms with Crippen LogP contribution in [0.1, 0.15) is 34.1 Å². The first-order valence-corrected chi connectivity index (χ1v) is 11.3. The molecule has 7 heteroatoms. The quantitative estimate of drug-likeness (QED) is 0.464. The molecule has 6 nitrogen and oxygen atoms in total. The average molecular weight is 433 g/mol. The van der Waals surface area contributed by atoms with Gasteiger partial charge in [-0.05, 0) is 31.4 Å². The van der Waals surface area contributed by atoms with E-state index in [-0.39, 0.29) is 11.9 Å². The van der Waals surface area contributed by atoms with E-state index in [1.807, 2.05) is 47.4 Å². The molecule has 1 aliphatic rings. The molecule has 5 rings (SSSR count). The van der Waals surface area contributed by atoms with Gasteiger partial charge in [0.1, 0.15) is 0 Å². The van der Waals surface area contributed by atoms with Crippen molar-refractivity contribution in [3.8, 4) is 11.4 Å². The third-order valence-corrected chi connectivity index (χ3v) is 7.00. The third kappa shape index (κ3) is 3.98. The van der Waals surface area contributed by atoms with Gasteiger partial charge < -0.3 is 9.42 Å². The number of fused-ring (bicyclic) bond motifs is 1. The van der Waals surface area contributed by atoms with Crippen LogP contribution in [-0.4, -0.2) is 52.0 Å². The number of carbonyl (C=O) groups is 1. The molecule has 4 aromatic rings. The second-order valence-electron chi connectivity index (χ2n) is 7.97. The Labute approximate surface area is 185 Å². The van der Waals surface area contributed by atoms with Crippen molar-refractivity contribution in [3.63, 3.8) is 0 Å². The Kier molecular flexibility index (Phi) is 5.29. The highest BCUT2D eigenvalue weighted by Gasteiger charge is 2.28. The van der Waals surface area contributed by atoms with Crippen LogP contribution in [0.25, 0.3) is 21.5 Å². The molecule has 1 atom stereocenters. The molecule has 1 unspecified atom stereocenters. The number of aromatic nitrogens is 2. The van der Waals surface area contributed by atoms with Gasteiger partial charge in [0.2, 0.25) is 11.7 Å². The van der Waals surface area contributed by atoms with Gasteiger partial charge in [-0.3, -0.25) is 9.69 Å². The minimum absolute atomic E-state index is 0.00766. The molecule has 0 saturated carbocycles. The number of nitrogens with zero attached hydrogens (tertiary/aromatic N) is 4. The second kappa shape index (κ2) is 8.24. The van der Waals surface area contributed by atoms with Gasteiger partial charge in [0.05, 0.1) is 10.9 Å². The van der Waals surface area contributed by atoms with Gasteiger partial charge in [-0.15, -0.1) is 11.3 Å². The number of hydrogen-bond donors (Lipinski definition) is 0. The Morgan fingerprint density at radius 3 is 2.55 bits per heavy atom. The lowest BCUT2D eigenvalue weighted by Gasteiger charge is -2.36. The lowest BCUT2D eigenvalue weighted by molar-refractivity contribution is 0.0556. The van der Waals surface area contributed by atoms with Crippen LogP contribution in [0.2, 0.25) is 0 Å². The summed E-state index contributed by atoms with van der Waals surface area (Å²) in [7, 11) is 0. The number of benzene rings is 2. The molecule has 0 aliphatic carbocycles. The molecule has 3 heterocycles. The van der Waals surface area contributed by atoms with E-state index in [1.165, 1.54) is 5.56 Å². The first-order valence-electron chi connectivity index (χ1n) is 10.5. The van der Waals surface area contributed by atoms with Gasteiger partial charge in [0.15, 0.2) is 0 Å². The van der Waals surface area contributed by atoms with Crippen LogP contribution in [0.4, 0.5) is 0 Å². The van der Waals surface area contributed by atoms with Crippen molar-refractivity contribution in [2.75, 3.05) is 26.2 Å². The average Bonchev–Trinajstić information content (AvgIpc) is 3.46. The van der Waals surface area contributed by atoms with Crippen LogP contribution >= 0.6 is 11.3 Å². The third-order valence-electron chi connectivity index (χ3n) is 5.89. The number of aryl methyl sites for hydroxylation is 1. The van der Waals surface area contributed by atoms with E-state index in [4.69, 9.17) is 4.52 Å². The highest BCUT2D eigenvalue weighted by atomic mass is 32.1. The number of hydrogen-bond acceptors (Lipinski definition) is 6. The molecule has 0 bridgehead atoms. The van der Waals surface area contributed by atoms with Crippen LogP contribution in [-0.2, 0) is 0 Å². The summed E-state index contributed by atoms with van der Waals surface area (Å²) < 4.78 is 6.71. The van der Waals surface area contributed by atoms with E-state index in [0.717, 1.165) is 33.6 Å². The molecule has 1 amide bonds. The maximum atomic E-state index is 13.0. The molecule has 0 spiro atoms. The van der Waals surface area contributed by atoms with Crippen molar-refractivity contribution in [3.05, 3.63) is 70.9 Å². The predicted molar refractivity (Wildman–Crippen MR) is 122 cm³/mol. The van der Waals surface area contributed by atoms with E-state index in [1.54, 1.807) is 11.3 Å². The largest absolute Gasteiger partial charge is 0.337 e. The summed E-state index contributed by atoms with van der Waals surface area (Å²) in [5, 5.41) is 5.29. The van der Waals surface area contributed by atoms with Crippen molar-refractivity contribution in [1.82, 2.24) is 19.9 Å². The zero-order chi connectivity index (χ0) is 21.4. The Morgan fingerprint density at radius 2 is 1.81 bits per heavy atom. The van der Waals surface area contributed by atoms with Crippen molar-refractivity contribution in [2.45, 2.75) is 19.9 Å². The van der Waals surface area contributed by atoms with Crippen LogP contribution in [0.5, 0.6) is 0 Å². The van der Waals surface area contributed by atoms with E-state index in [9.17, 15) is 4.79 Å². The highest BCUT2D eigenvalue weighted by molar-refractivity contribution is 7.20. The van der Waals surface area contributed by atoms with Gasteiger partial charge in [0.25, 0.3) is 5.91 Å². The molecule has 2 aromatic heterocycles. The molecule has 1 aliphatic heterocycles. The zero-order valence-corrected chi connectivity index (χ0v) is 18.4. The highest BCUT2D eigenvalue weighted by Crippen LogP contribution is 2.28. The smallest absolute Gasteiger partial charge is 0.264 e. The van der Waals surface area contributed by atoms with Crippen molar-refractivity contribution in [2.24, 2.45) is 0 Å². The molecule has 31 heavy (non-hydrogen) atoms. The van der Waals surface area contributed by atoms with Gasteiger partial charge in [-0.1, -0.05) is 53.2 Å². The number of carbonyl (C=O) groups excluding carboxylic acids is 1. The summed E-state index contributed by atoms with van der Waals surface area (Å²) in [5.74, 6) is 1.34. The Morgan fingerprint density at radius 1 is 1.06 bits per heavy atom. The maximum absolute atomic E-state index is 13.0. The molecular weight excluding hydrogens is 408 g/mol. The van der Waals surface area contributed by atoms with Crippen molar-refractivity contribution >= 4 is 27.3 Å². The van der Waals surface area contributed by atoms with E-state index in [0.29, 0.717) is 24.8 Å². The fourth-order valence-corrected chi connectivity index (χ4v) is 4.97. The van der Waals surface area contributed by atoms with Crippen LogP contribution in [0.15, 0.2) is 59.1 Å². The fraction of sp³-hybridized carbons (Fsp3) is 0.292. The monoisotopic (exact) mass is 432 g/mol. The van der Waals surface area contributed by atoms with E-state index in [2.05, 4.69) is 41.0 Å². The molecule has 2 aromatic carbocycles. The fourth-order valence-electron chi connectivity index (χ4n) is 3.94. The lowest BCUT2D eigenvalue weighted by Crippen LogP contribution is -2.49. The Balaban J connectivity index is 1.23. The summed E-state index contributed by atoms with van der Waals surface area (Å²) in [6, 6.07) is 18.2. The summed E-state index contributed by atoms with van der Waals surface area (Å²) in [4.78, 5) is 22.6. The summed E-state index contributed by atoms with van der Waals surface area (Å²) in [5.41, 5.74) is 2.15.